The Balaban J connectivity index is 1.60. The summed E-state index contributed by atoms with van der Waals surface area (Å²) in [6.45, 7) is 0.0517. The summed E-state index contributed by atoms with van der Waals surface area (Å²) in [5.41, 5.74) is -1.04. The van der Waals surface area contributed by atoms with Gasteiger partial charge in [-0.05, 0) is 31.0 Å². The van der Waals surface area contributed by atoms with Gasteiger partial charge in [-0.3, -0.25) is 9.59 Å². The second kappa shape index (κ2) is 8.15. The number of hydrogen-bond acceptors (Lipinski definition) is 4. The topological polar surface area (TPSA) is 86.8 Å². The first-order chi connectivity index (χ1) is 13.6. The summed E-state index contributed by atoms with van der Waals surface area (Å²) in [6, 6.07) is 3.75. The van der Waals surface area contributed by atoms with Gasteiger partial charge < -0.3 is 10.2 Å². The van der Waals surface area contributed by atoms with Crippen molar-refractivity contribution in [1.29, 1.82) is 0 Å². The van der Waals surface area contributed by atoms with E-state index in [-0.39, 0.29) is 38.1 Å². The fraction of sp³-hybridized carbons (Fsp3) is 0.444. The quantitative estimate of drug-likeness (QED) is 0.714. The van der Waals surface area contributed by atoms with Gasteiger partial charge in [-0.15, -0.1) is 0 Å². The van der Waals surface area contributed by atoms with Crippen molar-refractivity contribution in [3.05, 3.63) is 42.0 Å². The maximum Gasteiger partial charge on any atom is 0.416 e. The summed E-state index contributed by atoms with van der Waals surface area (Å²) in [5, 5.41) is 2.71. The molecule has 0 radical (unpaired) electrons. The third kappa shape index (κ3) is 5.36. The van der Waals surface area contributed by atoms with E-state index >= 15 is 0 Å². The molecule has 158 valence electrons. The number of carbonyl (C=O) groups excluding carboxylic acids is 2. The summed E-state index contributed by atoms with van der Waals surface area (Å²) >= 11 is 0. The summed E-state index contributed by atoms with van der Waals surface area (Å²) < 4.78 is 64.9. The molecule has 2 fully saturated rings. The van der Waals surface area contributed by atoms with Crippen molar-refractivity contribution in [1.82, 2.24) is 14.5 Å². The molecule has 11 heteroatoms. The molecule has 1 aromatic rings. The zero-order chi connectivity index (χ0) is 21.2. The van der Waals surface area contributed by atoms with E-state index in [9.17, 15) is 31.2 Å². The molecule has 1 saturated carbocycles. The molecule has 1 N–H and O–H groups in total. The molecular formula is C18H20F3N3O4S. The van der Waals surface area contributed by atoms with E-state index in [2.05, 4.69) is 5.32 Å². The normalized spacial score (nSPS) is 18.8. The summed E-state index contributed by atoms with van der Waals surface area (Å²) in [6.07, 6.45) is -0.512. The molecule has 3 rings (SSSR count). The summed E-state index contributed by atoms with van der Waals surface area (Å²) in [5.74, 6) is -0.779. The van der Waals surface area contributed by atoms with Crippen molar-refractivity contribution in [2.24, 2.45) is 0 Å². The van der Waals surface area contributed by atoms with E-state index in [4.69, 9.17) is 0 Å². The molecule has 1 aliphatic carbocycles. The third-order valence-electron chi connectivity index (χ3n) is 4.65. The highest BCUT2D eigenvalue weighted by Crippen LogP contribution is 2.31. The molecule has 2 amide bonds. The Morgan fingerprint density at radius 2 is 1.72 bits per heavy atom. The van der Waals surface area contributed by atoms with Crippen molar-refractivity contribution < 1.29 is 31.2 Å². The molecule has 0 unspecified atom stereocenters. The lowest BCUT2D eigenvalue weighted by Gasteiger charge is -2.33. The maximum absolute atomic E-state index is 12.9. The molecular weight excluding hydrogens is 411 g/mol. The highest BCUT2D eigenvalue weighted by Gasteiger charge is 2.34. The Morgan fingerprint density at radius 1 is 1.07 bits per heavy atom. The molecule has 1 heterocycles. The minimum atomic E-state index is -4.64. The predicted octanol–water partition coefficient (Wildman–Crippen LogP) is 1.37. The van der Waals surface area contributed by atoms with Crippen LogP contribution in [0.15, 0.2) is 41.3 Å². The molecule has 0 spiro atoms. The van der Waals surface area contributed by atoms with Crippen LogP contribution in [-0.4, -0.2) is 61.7 Å². The van der Waals surface area contributed by atoms with Gasteiger partial charge in [0.25, 0.3) is 0 Å². The first-order valence-electron chi connectivity index (χ1n) is 9.02. The summed E-state index contributed by atoms with van der Waals surface area (Å²) in [4.78, 5) is 24.7. The highest BCUT2D eigenvalue weighted by atomic mass is 32.2. The van der Waals surface area contributed by atoms with Crippen LogP contribution in [0.25, 0.3) is 0 Å². The second-order valence-electron chi connectivity index (χ2n) is 6.87. The van der Waals surface area contributed by atoms with Crippen LogP contribution < -0.4 is 5.32 Å². The van der Waals surface area contributed by atoms with E-state index in [0.717, 1.165) is 47.5 Å². The number of carbonyl (C=O) groups is 2. The number of rotatable bonds is 5. The van der Waals surface area contributed by atoms with Gasteiger partial charge in [0, 0.05) is 44.4 Å². The van der Waals surface area contributed by atoms with Crippen LogP contribution in [0.2, 0.25) is 0 Å². The first kappa shape index (κ1) is 21.3. The van der Waals surface area contributed by atoms with E-state index in [1.807, 2.05) is 0 Å². The Kier molecular flexibility index (Phi) is 5.99. The van der Waals surface area contributed by atoms with E-state index in [1.165, 1.54) is 4.90 Å². The first-order valence-corrected chi connectivity index (χ1v) is 10.5. The monoisotopic (exact) mass is 431 g/mol. The number of halogens is 3. The van der Waals surface area contributed by atoms with Crippen LogP contribution in [0.3, 0.4) is 0 Å². The van der Waals surface area contributed by atoms with E-state index < -0.39 is 32.6 Å². The number of sulfonamides is 1. The standard InChI is InChI=1S/C18H20F3N3O4S/c19-18(20,21)13-2-1-3-15(12-13)29(27,28)24-10-8-23(9-11-24)17(26)7-6-16(25)22-14-4-5-14/h1-3,6-7,12,14H,4-5,8-11H2,(H,22,25). The van der Waals surface area contributed by atoms with Crippen molar-refractivity contribution in [2.45, 2.75) is 30.0 Å². The van der Waals surface area contributed by atoms with Gasteiger partial charge in [-0.2, -0.15) is 17.5 Å². The Morgan fingerprint density at radius 3 is 2.31 bits per heavy atom. The summed E-state index contributed by atoms with van der Waals surface area (Å²) in [7, 11) is -4.11. The largest absolute Gasteiger partial charge is 0.416 e. The van der Waals surface area contributed by atoms with Crippen LogP contribution >= 0.6 is 0 Å². The number of nitrogens with one attached hydrogen (secondary N) is 1. The molecule has 7 nitrogen and oxygen atoms in total. The molecule has 1 aliphatic heterocycles. The highest BCUT2D eigenvalue weighted by molar-refractivity contribution is 7.89. The van der Waals surface area contributed by atoms with Crippen LogP contribution in [0.4, 0.5) is 13.2 Å². The van der Waals surface area contributed by atoms with Crippen molar-refractivity contribution in [3.8, 4) is 0 Å². The van der Waals surface area contributed by atoms with Gasteiger partial charge in [0.15, 0.2) is 0 Å². The van der Waals surface area contributed by atoms with Crippen molar-refractivity contribution in [2.75, 3.05) is 26.2 Å². The number of amides is 2. The van der Waals surface area contributed by atoms with Gasteiger partial charge in [0.2, 0.25) is 21.8 Å². The van der Waals surface area contributed by atoms with Gasteiger partial charge in [-0.25, -0.2) is 8.42 Å². The molecule has 2 aliphatic rings. The molecule has 0 atom stereocenters. The van der Waals surface area contributed by atoms with Crippen LogP contribution in [-0.2, 0) is 25.8 Å². The average Bonchev–Trinajstić information content (AvgIpc) is 3.49. The minimum Gasteiger partial charge on any atom is -0.350 e. The average molecular weight is 431 g/mol. The number of piperazine rings is 1. The molecule has 0 aromatic heterocycles. The third-order valence-corrected chi connectivity index (χ3v) is 6.55. The van der Waals surface area contributed by atoms with Gasteiger partial charge >= 0.3 is 6.18 Å². The van der Waals surface area contributed by atoms with Gasteiger partial charge in [0.1, 0.15) is 0 Å². The smallest absolute Gasteiger partial charge is 0.350 e. The number of benzene rings is 1. The van der Waals surface area contributed by atoms with Crippen molar-refractivity contribution in [3.63, 3.8) is 0 Å². The lowest BCUT2D eigenvalue weighted by molar-refractivity contribution is -0.137. The predicted molar refractivity (Wildman–Crippen MR) is 97.1 cm³/mol. The Hall–Kier alpha value is -2.40. The lowest BCUT2D eigenvalue weighted by atomic mass is 10.2. The molecule has 29 heavy (non-hydrogen) atoms. The van der Waals surface area contributed by atoms with Crippen molar-refractivity contribution >= 4 is 21.8 Å². The Bertz CT molecular complexity index is 919. The van der Waals surface area contributed by atoms with E-state index in [1.54, 1.807) is 0 Å². The Labute approximate surface area is 166 Å². The molecule has 1 aromatic carbocycles. The minimum absolute atomic E-state index is 0.0492. The van der Waals surface area contributed by atoms with E-state index in [0.29, 0.717) is 6.07 Å². The zero-order valence-electron chi connectivity index (χ0n) is 15.4. The van der Waals surface area contributed by atoms with Gasteiger partial charge in [0.05, 0.1) is 10.5 Å². The molecule has 0 bridgehead atoms. The zero-order valence-corrected chi connectivity index (χ0v) is 16.2. The lowest BCUT2D eigenvalue weighted by Crippen LogP contribution is -2.50. The van der Waals surface area contributed by atoms with Crippen LogP contribution in [0.1, 0.15) is 18.4 Å². The van der Waals surface area contributed by atoms with Crippen LogP contribution in [0, 0.1) is 0 Å². The second-order valence-corrected chi connectivity index (χ2v) is 8.81. The number of nitrogens with zero attached hydrogens (tertiary/aromatic N) is 2. The van der Waals surface area contributed by atoms with Crippen LogP contribution in [0.5, 0.6) is 0 Å². The molecule has 1 saturated heterocycles. The fourth-order valence-electron chi connectivity index (χ4n) is 2.86. The SMILES string of the molecule is O=C(C=CC(=O)N1CCN(S(=O)(=O)c2cccc(C(F)(F)F)c2)CC1)NC1CC1. The van der Waals surface area contributed by atoms with Gasteiger partial charge in [-0.1, -0.05) is 6.07 Å². The number of alkyl halides is 3. The maximum atomic E-state index is 12.9. The fourth-order valence-corrected chi connectivity index (χ4v) is 4.33. The number of hydrogen-bond donors (Lipinski definition) is 1.